The van der Waals surface area contributed by atoms with Crippen molar-refractivity contribution in [3.05, 3.63) is 12.1 Å². The highest BCUT2D eigenvalue weighted by Crippen LogP contribution is 2.21. The lowest BCUT2D eigenvalue weighted by molar-refractivity contribution is 0.234. The van der Waals surface area contributed by atoms with Gasteiger partial charge in [0.15, 0.2) is 0 Å². The summed E-state index contributed by atoms with van der Waals surface area (Å²) in [6.45, 7) is 4.86. The number of hydrogen-bond donors (Lipinski definition) is 3. The lowest BCUT2D eigenvalue weighted by atomic mass is 10.3. The van der Waals surface area contributed by atoms with E-state index in [-0.39, 0.29) is 12.7 Å². The van der Waals surface area contributed by atoms with Crippen molar-refractivity contribution >= 4 is 11.5 Å². The van der Waals surface area contributed by atoms with Gasteiger partial charge in [-0.3, -0.25) is 0 Å². The Hall–Kier alpha value is -1.49. The number of aromatic nitrogens is 1. The average molecular weight is 239 g/mol. The van der Waals surface area contributed by atoms with Crippen LogP contribution in [0.4, 0.5) is 11.5 Å². The zero-order chi connectivity index (χ0) is 12.7. The number of aliphatic hydroxyl groups is 1. The van der Waals surface area contributed by atoms with Crippen LogP contribution in [-0.4, -0.2) is 29.3 Å². The first kappa shape index (κ1) is 13.6. The van der Waals surface area contributed by atoms with Crippen LogP contribution >= 0.6 is 0 Å². The second kappa shape index (κ2) is 6.96. The number of rotatable bonds is 7. The highest BCUT2D eigenvalue weighted by Gasteiger charge is 2.05. The average Bonchev–Trinajstić information content (AvgIpc) is 2.28. The number of aliphatic hydroxyl groups excluding tert-OH is 1. The van der Waals surface area contributed by atoms with Crippen LogP contribution in [0.2, 0.25) is 0 Å². The lowest BCUT2D eigenvalue weighted by Crippen LogP contribution is -2.11. The fourth-order valence-electron chi connectivity index (χ4n) is 1.32. The summed E-state index contributed by atoms with van der Waals surface area (Å²) < 4.78 is 5.50. The van der Waals surface area contributed by atoms with Crippen molar-refractivity contribution in [2.45, 2.75) is 32.8 Å². The minimum atomic E-state index is 0.0504. The molecule has 0 radical (unpaired) electrons. The Kier molecular flexibility index (Phi) is 5.56. The van der Waals surface area contributed by atoms with Gasteiger partial charge in [0.25, 0.3) is 0 Å². The van der Waals surface area contributed by atoms with Crippen molar-refractivity contribution in [2.24, 2.45) is 0 Å². The summed E-state index contributed by atoms with van der Waals surface area (Å²) in [5.74, 6) is 1.21. The Balaban J connectivity index is 2.55. The number of pyridine rings is 1. The molecule has 4 N–H and O–H groups in total. The maximum Gasteiger partial charge on any atom is 0.239 e. The van der Waals surface area contributed by atoms with Crippen molar-refractivity contribution in [1.82, 2.24) is 4.98 Å². The molecule has 1 rings (SSSR count). The minimum Gasteiger partial charge on any atom is -0.473 e. The van der Waals surface area contributed by atoms with Crippen LogP contribution in [0.15, 0.2) is 12.1 Å². The first-order chi connectivity index (χ1) is 8.13. The summed E-state index contributed by atoms with van der Waals surface area (Å²) in [5.41, 5.74) is 6.31. The molecule has 1 aromatic heterocycles. The highest BCUT2D eigenvalue weighted by molar-refractivity contribution is 5.53. The van der Waals surface area contributed by atoms with E-state index in [1.165, 1.54) is 0 Å². The molecule has 0 saturated heterocycles. The first-order valence-corrected chi connectivity index (χ1v) is 5.91. The summed E-state index contributed by atoms with van der Waals surface area (Å²) >= 11 is 0. The van der Waals surface area contributed by atoms with E-state index in [4.69, 9.17) is 15.6 Å². The summed E-state index contributed by atoms with van der Waals surface area (Å²) in [7, 11) is 0. The molecule has 0 unspecified atom stereocenters. The van der Waals surface area contributed by atoms with Gasteiger partial charge in [-0.2, -0.15) is 4.98 Å². The van der Waals surface area contributed by atoms with E-state index < -0.39 is 0 Å². The van der Waals surface area contributed by atoms with Gasteiger partial charge in [-0.15, -0.1) is 0 Å². The third-order valence-electron chi connectivity index (χ3n) is 2.13. The van der Waals surface area contributed by atoms with Gasteiger partial charge in [0.1, 0.15) is 5.82 Å². The zero-order valence-electron chi connectivity index (χ0n) is 10.4. The summed E-state index contributed by atoms with van der Waals surface area (Å²) in [6, 6.07) is 3.60. The van der Waals surface area contributed by atoms with Gasteiger partial charge in [0.2, 0.25) is 5.88 Å². The summed E-state index contributed by atoms with van der Waals surface area (Å²) in [6.07, 6.45) is 1.75. The molecule has 0 amide bonds. The van der Waals surface area contributed by atoms with Crippen LogP contribution in [0, 0.1) is 0 Å². The molecule has 96 valence electrons. The summed E-state index contributed by atoms with van der Waals surface area (Å²) in [4.78, 5) is 4.29. The van der Waals surface area contributed by atoms with Crippen LogP contribution in [0.1, 0.15) is 26.7 Å². The van der Waals surface area contributed by atoms with Gasteiger partial charge in [-0.05, 0) is 38.8 Å². The SMILES string of the molecule is CC(C)Oc1nc(NCCCCO)ccc1N. The number of nitrogen functional groups attached to an aromatic ring is 1. The monoisotopic (exact) mass is 239 g/mol. The second-order valence-corrected chi connectivity index (χ2v) is 4.11. The Morgan fingerprint density at radius 3 is 2.82 bits per heavy atom. The minimum absolute atomic E-state index is 0.0504. The number of hydrogen-bond acceptors (Lipinski definition) is 5. The molecule has 5 nitrogen and oxygen atoms in total. The van der Waals surface area contributed by atoms with E-state index in [9.17, 15) is 0 Å². The molecule has 1 heterocycles. The van der Waals surface area contributed by atoms with Crippen molar-refractivity contribution in [2.75, 3.05) is 24.2 Å². The molecule has 5 heteroatoms. The Morgan fingerprint density at radius 1 is 1.41 bits per heavy atom. The standard InChI is InChI=1S/C12H21N3O2/c1-9(2)17-12-10(13)5-6-11(15-12)14-7-3-4-8-16/h5-6,9,16H,3-4,7-8,13H2,1-2H3,(H,14,15). The fraction of sp³-hybridized carbons (Fsp3) is 0.583. The maximum absolute atomic E-state index is 8.66. The molecule has 0 aromatic carbocycles. The molecule has 0 bridgehead atoms. The van der Waals surface area contributed by atoms with E-state index in [0.717, 1.165) is 25.2 Å². The summed E-state index contributed by atoms with van der Waals surface area (Å²) in [5, 5.41) is 11.8. The Labute approximate surface area is 102 Å². The molecule has 17 heavy (non-hydrogen) atoms. The lowest BCUT2D eigenvalue weighted by Gasteiger charge is -2.12. The topological polar surface area (TPSA) is 80.4 Å². The van der Waals surface area contributed by atoms with Gasteiger partial charge < -0.3 is 20.9 Å². The third-order valence-corrected chi connectivity index (χ3v) is 2.13. The normalized spacial score (nSPS) is 10.6. The number of nitrogens with zero attached hydrogens (tertiary/aromatic N) is 1. The highest BCUT2D eigenvalue weighted by atomic mass is 16.5. The predicted octanol–water partition coefficient (Wildman–Crippen LogP) is 1.64. The van der Waals surface area contributed by atoms with E-state index in [0.29, 0.717) is 11.6 Å². The predicted molar refractivity (Wildman–Crippen MR) is 69.2 cm³/mol. The molecule has 0 fully saturated rings. The Bertz CT molecular complexity index is 343. The van der Waals surface area contributed by atoms with Crippen molar-refractivity contribution < 1.29 is 9.84 Å². The van der Waals surface area contributed by atoms with Crippen LogP contribution in [0.5, 0.6) is 5.88 Å². The number of nitrogens with two attached hydrogens (primary N) is 1. The van der Waals surface area contributed by atoms with Gasteiger partial charge in [0, 0.05) is 13.2 Å². The molecule has 0 aliphatic rings. The first-order valence-electron chi connectivity index (χ1n) is 5.91. The largest absolute Gasteiger partial charge is 0.473 e. The molecular weight excluding hydrogens is 218 g/mol. The van der Waals surface area contributed by atoms with Crippen molar-refractivity contribution in [1.29, 1.82) is 0 Å². The van der Waals surface area contributed by atoms with Crippen molar-refractivity contribution in [3.63, 3.8) is 0 Å². The number of ether oxygens (including phenoxy) is 1. The van der Waals surface area contributed by atoms with Crippen molar-refractivity contribution in [3.8, 4) is 5.88 Å². The molecule has 1 aromatic rings. The fourth-order valence-corrected chi connectivity index (χ4v) is 1.32. The van der Waals surface area contributed by atoms with Crippen LogP contribution in [0.3, 0.4) is 0 Å². The third kappa shape index (κ3) is 4.91. The van der Waals surface area contributed by atoms with E-state index in [2.05, 4.69) is 10.3 Å². The van der Waals surface area contributed by atoms with Crippen LogP contribution < -0.4 is 15.8 Å². The number of unbranched alkanes of at least 4 members (excludes halogenated alkanes) is 1. The zero-order valence-corrected chi connectivity index (χ0v) is 10.4. The van der Waals surface area contributed by atoms with Gasteiger partial charge in [0.05, 0.1) is 11.8 Å². The van der Waals surface area contributed by atoms with E-state index >= 15 is 0 Å². The number of anilines is 2. The van der Waals surface area contributed by atoms with Crippen LogP contribution in [0.25, 0.3) is 0 Å². The van der Waals surface area contributed by atoms with Gasteiger partial charge in [-0.1, -0.05) is 0 Å². The second-order valence-electron chi connectivity index (χ2n) is 4.11. The maximum atomic E-state index is 8.66. The quantitative estimate of drug-likeness (QED) is 0.630. The smallest absolute Gasteiger partial charge is 0.239 e. The van der Waals surface area contributed by atoms with E-state index in [1.807, 2.05) is 19.9 Å². The molecule has 0 atom stereocenters. The van der Waals surface area contributed by atoms with Crippen LogP contribution in [-0.2, 0) is 0 Å². The van der Waals surface area contributed by atoms with Gasteiger partial charge in [-0.25, -0.2) is 0 Å². The molecular formula is C12H21N3O2. The number of nitrogens with one attached hydrogen (secondary N) is 1. The molecule has 0 spiro atoms. The van der Waals surface area contributed by atoms with Gasteiger partial charge >= 0.3 is 0 Å². The molecule has 0 saturated carbocycles. The molecule has 0 aliphatic carbocycles. The Morgan fingerprint density at radius 2 is 2.18 bits per heavy atom. The molecule has 0 aliphatic heterocycles. The van der Waals surface area contributed by atoms with E-state index in [1.54, 1.807) is 6.07 Å².